The molecule has 0 unspecified atom stereocenters. The number of esters is 1. The van der Waals surface area contributed by atoms with Crippen LogP contribution in [-0.2, 0) is 19.6 Å². The first-order valence-corrected chi connectivity index (χ1v) is 11.8. The Balaban J connectivity index is 1.71. The van der Waals surface area contributed by atoms with Crippen molar-refractivity contribution in [2.24, 2.45) is 0 Å². The van der Waals surface area contributed by atoms with Gasteiger partial charge in [-0.3, -0.25) is 14.3 Å². The molecule has 9 heteroatoms. The number of benzene rings is 3. The molecule has 0 aliphatic carbocycles. The van der Waals surface area contributed by atoms with Crippen molar-refractivity contribution in [3.63, 3.8) is 0 Å². The van der Waals surface area contributed by atoms with E-state index in [9.17, 15) is 22.8 Å². The van der Waals surface area contributed by atoms with Gasteiger partial charge >= 0.3 is 5.97 Å². The van der Waals surface area contributed by atoms with Crippen LogP contribution in [0.25, 0.3) is 0 Å². The third kappa shape index (κ3) is 6.08. The van der Waals surface area contributed by atoms with E-state index in [1.54, 1.807) is 62.4 Å². The minimum absolute atomic E-state index is 0.0305. The maximum absolute atomic E-state index is 12.9. The first-order valence-electron chi connectivity index (χ1n) is 10.3. The van der Waals surface area contributed by atoms with E-state index < -0.39 is 28.5 Å². The van der Waals surface area contributed by atoms with Crippen LogP contribution in [0.15, 0.2) is 71.6 Å². The van der Waals surface area contributed by atoms with Crippen molar-refractivity contribution in [2.75, 3.05) is 16.6 Å². The van der Waals surface area contributed by atoms with Gasteiger partial charge in [-0.1, -0.05) is 36.4 Å². The van der Waals surface area contributed by atoms with Gasteiger partial charge < -0.3 is 10.1 Å². The number of ether oxygens (including phenoxy) is 1. The van der Waals surface area contributed by atoms with Gasteiger partial charge in [0.05, 0.1) is 16.1 Å². The lowest BCUT2D eigenvalue weighted by molar-refractivity contribution is -0.119. The fourth-order valence-corrected chi connectivity index (χ4v) is 4.58. The second kappa shape index (κ2) is 10.3. The van der Waals surface area contributed by atoms with E-state index in [-0.39, 0.29) is 21.9 Å². The summed E-state index contributed by atoms with van der Waals surface area (Å²) in [6.07, 6.45) is 0. The van der Waals surface area contributed by atoms with E-state index in [0.29, 0.717) is 16.8 Å². The number of ketones is 1. The third-order valence-electron chi connectivity index (χ3n) is 4.91. The highest BCUT2D eigenvalue weighted by Gasteiger charge is 2.21. The molecule has 0 atom stereocenters. The summed E-state index contributed by atoms with van der Waals surface area (Å²) >= 11 is 0. The number of Topliss-reactive ketones (excluding diaryl/α,β-unsaturated/α-hetero) is 1. The summed E-state index contributed by atoms with van der Waals surface area (Å²) in [7, 11) is -3.97. The lowest BCUT2D eigenvalue weighted by atomic mass is 10.1. The Morgan fingerprint density at radius 1 is 0.912 bits per heavy atom. The van der Waals surface area contributed by atoms with Crippen LogP contribution in [0.3, 0.4) is 0 Å². The number of amides is 1. The number of rotatable bonds is 8. The molecule has 8 nitrogen and oxygen atoms in total. The number of aryl methyl sites for hydroxylation is 2. The van der Waals surface area contributed by atoms with Gasteiger partial charge in [0.2, 0.25) is 0 Å². The zero-order chi connectivity index (χ0) is 24.9. The van der Waals surface area contributed by atoms with E-state index in [0.717, 1.165) is 5.56 Å². The number of hydrogen-bond donors (Lipinski definition) is 2. The van der Waals surface area contributed by atoms with E-state index >= 15 is 0 Å². The highest BCUT2D eigenvalue weighted by Crippen LogP contribution is 2.23. The van der Waals surface area contributed by atoms with Gasteiger partial charge in [0.25, 0.3) is 15.9 Å². The summed E-state index contributed by atoms with van der Waals surface area (Å²) in [5, 5.41) is 2.55. The molecule has 3 aromatic carbocycles. The van der Waals surface area contributed by atoms with Crippen molar-refractivity contribution in [3.8, 4) is 0 Å². The zero-order valence-corrected chi connectivity index (χ0v) is 19.7. The summed E-state index contributed by atoms with van der Waals surface area (Å²) in [5.74, 6) is -1.63. The van der Waals surface area contributed by atoms with Crippen LogP contribution in [0.4, 0.5) is 11.4 Å². The molecule has 0 radical (unpaired) electrons. The van der Waals surface area contributed by atoms with Crippen LogP contribution in [0.2, 0.25) is 0 Å². The smallest absolute Gasteiger partial charge is 0.340 e. The van der Waals surface area contributed by atoms with Crippen LogP contribution < -0.4 is 10.0 Å². The molecular formula is C25H24N2O6S. The van der Waals surface area contributed by atoms with Crippen LogP contribution in [0.1, 0.15) is 38.8 Å². The average Bonchev–Trinajstić information content (AvgIpc) is 2.79. The predicted octanol–water partition coefficient (Wildman–Crippen LogP) is 4.10. The van der Waals surface area contributed by atoms with Gasteiger partial charge in [-0.2, -0.15) is 0 Å². The van der Waals surface area contributed by atoms with Crippen LogP contribution in [-0.4, -0.2) is 32.7 Å². The molecule has 3 rings (SSSR count). The average molecular weight is 481 g/mol. The van der Waals surface area contributed by atoms with Gasteiger partial charge in [-0.15, -0.1) is 0 Å². The number of sulfonamides is 1. The molecule has 0 heterocycles. The quantitative estimate of drug-likeness (QED) is 0.370. The van der Waals surface area contributed by atoms with Gasteiger partial charge in [0.1, 0.15) is 0 Å². The molecule has 0 spiro atoms. The number of hydrogen-bond acceptors (Lipinski definition) is 6. The second-order valence-electron chi connectivity index (χ2n) is 7.68. The van der Waals surface area contributed by atoms with Crippen molar-refractivity contribution < 1.29 is 27.5 Å². The minimum Gasteiger partial charge on any atom is -0.452 e. The van der Waals surface area contributed by atoms with Gasteiger partial charge in [0, 0.05) is 11.3 Å². The Hall–Kier alpha value is -3.98. The molecule has 2 N–H and O–H groups in total. The van der Waals surface area contributed by atoms with Crippen LogP contribution in [0.5, 0.6) is 0 Å². The molecule has 176 valence electrons. The fourth-order valence-electron chi connectivity index (χ4n) is 3.17. The molecule has 0 fully saturated rings. The second-order valence-corrected chi connectivity index (χ2v) is 9.33. The Labute approximate surface area is 198 Å². The van der Waals surface area contributed by atoms with Crippen LogP contribution in [0, 0.1) is 13.8 Å². The van der Waals surface area contributed by atoms with Gasteiger partial charge in [-0.05, 0) is 62.2 Å². The predicted molar refractivity (Wildman–Crippen MR) is 129 cm³/mol. The highest BCUT2D eigenvalue weighted by atomic mass is 32.2. The zero-order valence-electron chi connectivity index (χ0n) is 18.9. The first kappa shape index (κ1) is 24.7. The van der Waals surface area contributed by atoms with Crippen molar-refractivity contribution in [3.05, 3.63) is 89.0 Å². The molecule has 0 aliphatic rings. The Morgan fingerprint density at radius 3 is 2.38 bits per heavy atom. The molecule has 1 amide bonds. The van der Waals surface area contributed by atoms with E-state index in [4.69, 9.17) is 4.74 Å². The maximum atomic E-state index is 12.9. The summed E-state index contributed by atoms with van der Waals surface area (Å²) in [5.41, 5.74) is 2.14. The molecule has 0 saturated heterocycles. The van der Waals surface area contributed by atoms with Crippen molar-refractivity contribution in [1.82, 2.24) is 0 Å². The van der Waals surface area contributed by atoms with Gasteiger partial charge in [0.15, 0.2) is 12.4 Å². The maximum Gasteiger partial charge on any atom is 0.340 e. The first-order chi connectivity index (χ1) is 16.1. The number of anilines is 2. The third-order valence-corrected chi connectivity index (χ3v) is 6.42. The van der Waals surface area contributed by atoms with E-state index in [2.05, 4.69) is 10.0 Å². The van der Waals surface area contributed by atoms with Crippen molar-refractivity contribution in [1.29, 1.82) is 0 Å². The summed E-state index contributed by atoms with van der Waals surface area (Å²) in [6, 6.07) is 17.4. The fraction of sp³-hybridized carbons (Fsp3) is 0.160. The standard InChI is InChI=1S/C25H24N2O6S/c1-16-11-12-17(2)23(13-16)34(31,32)27-22-10-5-4-9-21(22)25(30)33-15-24(29)26-20-8-6-7-19(14-20)18(3)28/h4-14,27H,15H2,1-3H3,(H,26,29). The molecule has 0 saturated carbocycles. The topological polar surface area (TPSA) is 119 Å². The molecule has 0 bridgehead atoms. The summed E-state index contributed by atoms with van der Waals surface area (Å²) in [6.45, 7) is 4.28. The van der Waals surface area contributed by atoms with Crippen molar-refractivity contribution in [2.45, 2.75) is 25.7 Å². The molecule has 0 aliphatic heterocycles. The summed E-state index contributed by atoms with van der Waals surface area (Å²) < 4.78 is 33.4. The Morgan fingerprint density at radius 2 is 1.65 bits per heavy atom. The highest BCUT2D eigenvalue weighted by molar-refractivity contribution is 7.92. The number of para-hydroxylation sites is 1. The lowest BCUT2D eigenvalue weighted by Crippen LogP contribution is -2.22. The van der Waals surface area contributed by atoms with E-state index in [1.807, 2.05) is 0 Å². The number of carbonyl (C=O) groups excluding carboxylic acids is 3. The Kier molecular flexibility index (Phi) is 7.47. The lowest BCUT2D eigenvalue weighted by Gasteiger charge is -2.14. The van der Waals surface area contributed by atoms with E-state index in [1.165, 1.54) is 25.1 Å². The molecule has 3 aromatic rings. The number of nitrogens with one attached hydrogen (secondary N) is 2. The Bertz CT molecular complexity index is 1370. The SMILES string of the molecule is CC(=O)c1cccc(NC(=O)COC(=O)c2ccccc2NS(=O)(=O)c2cc(C)ccc2C)c1. The minimum atomic E-state index is -3.97. The summed E-state index contributed by atoms with van der Waals surface area (Å²) in [4.78, 5) is 36.4. The van der Waals surface area contributed by atoms with Gasteiger partial charge in [-0.25, -0.2) is 13.2 Å². The van der Waals surface area contributed by atoms with Crippen molar-refractivity contribution >= 4 is 39.1 Å². The molecule has 0 aromatic heterocycles. The molecule has 34 heavy (non-hydrogen) atoms. The molecular weight excluding hydrogens is 456 g/mol. The monoisotopic (exact) mass is 480 g/mol. The van der Waals surface area contributed by atoms with Crippen LogP contribution >= 0.6 is 0 Å². The largest absolute Gasteiger partial charge is 0.452 e. The normalized spacial score (nSPS) is 10.9. The number of carbonyl (C=O) groups is 3.